The van der Waals surface area contributed by atoms with Gasteiger partial charge in [0.05, 0.1) is 0 Å². The Morgan fingerprint density at radius 1 is 1.26 bits per heavy atom. The van der Waals surface area contributed by atoms with E-state index in [1.165, 1.54) is 55.4 Å². The van der Waals surface area contributed by atoms with E-state index in [0.29, 0.717) is 6.04 Å². The van der Waals surface area contributed by atoms with Crippen LogP contribution in [0.3, 0.4) is 0 Å². The van der Waals surface area contributed by atoms with Gasteiger partial charge in [-0.15, -0.1) is 11.3 Å². The first-order valence-corrected chi connectivity index (χ1v) is 8.82. The number of hydrogen-bond acceptors (Lipinski definition) is 2. The van der Waals surface area contributed by atoms with Gasteiger partial charge >= 0.3 is 0 Å². The van der Waals surface area contributed by atoms with Gasteiger partial charge in [0.25, 0.3) is 0 Å². The Morgan fingerprint density at radius 2 is 2.00 bits per heavy atom. The Balaban J connectivity index is 2.04. The van der Waals surface area contributed by atoms with Crippen molar-refractivity contribution in [2.75, 3.05) is 6.54 Å². The van der Waals surface area contributed by atoms with Gasteiger partial charge in [-0.2, -0.15) is 0 Å². The number of thiophene rings is 1. The lowest BCUT2D eigenvalue weighted by Crippen LogP contribution is -2.25. The molecule has 1 atom stereocenters. The van der Waals surface area contributed by atoms with E-state index in [9.17, 15) is 0 Å². The van der Waals surface area contributed by atoms with E-state index in [1.54, 1.807) is 4.88 Å². The third-order valence-electron chi connectivity index (χ3n) is 4.33. The molecular formula is C17H29NS. The summed E-state index contributed by atoms with van der Waals surface area (Å²) in [5, 5.41) is 3.80. The van der Waals surface area contributed by atoms with Gasteiger partial charge in [-0.1, -0.05) is 39.0 Å². The first-order valence-electron chi connectivity index (χ1n) is 8.01. The van der Waals surface area contributed by atoms with Crippen molar-refractivity contribution in [3.63, 3.8) is 0 Å². The van der Waals surface area contributed by atoms with Gasteiger partial charge in [0.15, 0.2) is 0 Å². The summed E-state index contributed by atoms with van der Waals surface area (Å²) in [6, 6.07) is 2.95. The van der Waals surface area contributed by atoms with Crippen LogP contribution in [0.15, 0.2) is 6.07 Å². The smallest absolute Gasteiger partial charge is 0.0420 e. The second kappa shape index (κ2) is 7.44. The highest BCUT2D eigenvalue weighted by atomic mass is 32.1. The molecule has 19 heavy (non-hydrogen) atoms. The average Bonchev–Trinajstić information content (AvgIpc) is 2.75. The van der Waals surface area contributed by atoms with Crippen LogP contribution in [0.4, 0.5) is 0 Å². The van der Waals surface area contributed by atoms with Gasteiger partial charge in [0.2, 0.25) is 0 Å². The van der Waals surface area contributed by atoms with Crippen molar-refractivity contribution in [1.82, 2.24) is 5.32 Å². The molecule has 0 aliphatic heterocycles. The maximum Gasteiger partial charge on any atom is 0.0420 e. The molecule has 0 saturated heterocycles. The van der Waals surface area contributed by atoms with Crippen LogP contribution in [0.5, 0.6) is 0 Å². The van der Waals surface area contributed by atoms with Gasteiger partial charge < -0.3 is 5.32 Å². The Bertz CT molecular complexity index is 377. The van der Waals surface area contributed by atoms with E-state index in [2.05, 4.69) is 32.2 Å². The molecule has 1 nitrogen and oxygen atoms in total. The SMILES string of the molecule is CCCNC(CC1CCCCC1)c1sc(C)cc1C. The summed E-state index contributed by atoms with van der Waals surface area (Å²) in [7, 11) is 0. The standard InChI is InChI=1S/C17H29NS/c1-4-10-18-16(12-15-8-6-5-7-9-15)17-13(2)11-14(3)19-17/h11,15-16,18H,4-10,12H2,1-3H3. The summed E-state index contributed by atoms with van der Waals surface area (Å²) in [4.78, 5) is 3.05. The predicted molar refractivity (Wildman–Crippen MR) is 86.0 cm³/mol. The van der Waals surface area contributed by atoms with Crippen LogP contribution in [0, 0.1) is 19.8 Å². The maximum absolute atomic E-state index is 3.80. The zero-order chi connectivity index (χ0) is 13.7. The van der Waals surface area contributed by atoms with Crippen LogP contribution in [0.2, 0.25) is 0 Å². The Hall–Kier alpha value is -0.340. The lowest BCUT2D eigenvalue weighted by atomic mass is 9.84. The van der Waals surface area contributed by atoms with Crippen LogP contribution in [0.1, 0.15) is 73.2 Å². The molecule has 0 spiro atoms. The first kappa shape index (κ1) is 15.1. The molecule has 1 N–H and O–H groups in total. The van der Waals surface area contributed by atoms with Crippen molar-refractivity contribution in [1.29, 1.82) is 0 Å². The van der Waals surface area contributed by atoms with Gasteiger partial charge in [0, 0.05) is 15.8 Å². The molecule has 1 aliphatic rings. The van der Waals surface area contributed by atoms with Crippen molar-refractivity contribution >= 4 is 11.3 Å². The molecule has 1 saturated carbocycles. The van der Waals surface area contributed by atoms with Gasteiger partial charge in [-0.25, -0.2) is 0 Å². The number of hydrogen-bond donors (Lipinski definition) is 1. The molecule has 1 heterocycles. The van der Waals surface area contributed by atoms with Crippen LogP contribution in [-0.2, 0) is 0 Å². The van der Waals surface area contributed by atoms with Crippen molar-refractivity contribution in [3.05, 3.63) is 21.4 Å². The molecule has 108 valence electrons. The summed E-state index contributed by atoms with van der Waals surface area (Å²) >= 11 is 2.00. The first-order chi connectivity index (χ1) is 9.20. The fourth-order valence-corrected chi connectivity index (χ4v) is 4.49. The fraction of sp³-hybridized carbons (Fsp3) is 0.765. The Morgan fingerprint density at radius 3 is 2.58 bits per heavy atom. The third-order valence-corrected chi connectivity index (χ3v) is 5.60. The van der Waals surface area contributed by atoms with E-state index < -0.39 is 0 Å². The molecule has 0 aromatic carbocycles. The highest BCUT2D eigenvalue weighted by molar-refractivity contribution is 7.12. The zero-order valence-corrected chi connectivity index (χ0v) is 13.6. The fourth-order valence-electron chi connectivity index (χ4n) is 3.36. The maximum atomic E-state index is 3.80. The monoisotopic (exact) mass is 279 g/mol. The third kappa shape index (κ3) is 4.32. The summed E-state index contributed by atoms with van der Waals surface area (Å²) in [6.07, 6.45) is 9.84. The van der Waals surface area contributed by atoms with E-state index in [4.69, 9.17) is 0 Å². The minimum Gasteiger partial charge on any atom is -0.309 e. The van der Waals surface area contributed by atoms with Gasteiger partial charge in [0.1, 0.15) is 0 Å². The lowest BCUT2D eigenvalue weighted by molar-refractivity contribution is 0.301. The molecule has 1 unspecified atom stereocenters. The highest BCUT2D eigenvalue weighted by Crippen LogP contribution is 2.35. The predicted octanol–water partition coefficient (Wildman–Crippen LogP) is 5.38. The summed E-state index contributed by atoms with van der Waals surface area (Å²) < 4.78 is 0. The van der Waals surface area contributed by atoms with Crippen LogP contribution < -0.4 is 5.32 Å². The highest BCUT2D eigenvalue weighted by Gasteiger charge is 2.22. The molecule has 0 radical (unpaired) electrons. The molecular weight excluding hydrogens is 250 g/mol. The number of rotatable bonds is 6. The Labute approximate surface area is 122 Å². The largest absolute Gasteiger partial charge is 0.309 e. The van der Waals surface area contributed by atoms with E-state index in [1.807, 2.05) is 11.3 Å². The van der Waals surface area contributed by atoms with Crippen molar-refractivity contribution in [2.24, 2.45) is 5.92 Å². The molecule has 0 amide bonds. The van der Waals surface area contributed by atoms with Gasteiger partial charge in [-0.3, -0.25) is 0 Å². The quantitative estimate of drug-likeness (QED) is 0.737. The molecule has 1 aromatic heterocycles. The minimum atomic E-state index is 0.599. The van der Waals surface area contributed by atoms with E-state index in [0.717, 1.165) is 12.5 Å². The average molecular weight is 279 g/mol. The second-order valence-corrected chi connectivity index (χ2v) is 7.44. The van der Waals surface area contributed by atoms with Crippen LogP contribution in [0.25, 0.3) is 0 Å². The Kier molecular flexibility index (Phi) is 5.90. The summed E-state index contributed by atoms with van der Waals surface area (Å²) in [6.45, 7) is 7.92. The molecule has 1 aromatic rings. The minimum absolute atomic E-state index is 0.599. The molecule has 0 bridgehead atoms. The summed E-state index contributed by atoms with van der Waals surface area (Å²) in [5.74, 6) is 0.949. The van der Waals surface area contributed by atoms with Crippen molar-refractivity contribution in [3.8, 4) is 0 Å². The molecule has 2 heteroatoms. The summed E-state index contributed by atoms with van der Waals surface area (Å²) in [5.41, 5.74) is 1.49. The van der Waals surface area contributed by atoms with Gasteiger partial charge in [-0.05, 0) is 50.8 Å². The molecule has 1 aliphatic carbocycles. The zero-order valence-electron chi connectivity index (χ0n) is 12.8. The lowest BCUT2D eigenvalue weighted by Gasteiger charge is -2.27. The topological polar surface area (TPSA) is 12.0 Å². The van der Waals surface area contributed by atoms with E-state index in [-0.39, 0.29) is 0 Å². The number of nitrogens with one attached hydrogen (secondary N) is 1. The normalized spacial score (nSPS) is 18.7. The van der Waals surface area contributed by atoms with E-state index >= 15 is 0 Å². The van der Waals surface area contributed by atoms with Crippen molar-refractivity contribution in [2.45, 2.75) is 71.8 Å². The number of aryl methyl sites for hydroxylation is 2. The molecule has 1 fully saturated rings. The second-order valence-electron chi connectivity index (χ2n) is 6.15. The van der Waals surface area contributed by atoms with Crippen molar-refractivity contribution < 1.29 is 0 Å². The van der Waals surface area contributed by atoms with Crippen LogP contribution >= 0.6 is 11.3 Å². The van der Waals surface area contributed by atoms with Crippen LogP contribution in [-0.4, -0.2) is 6.54 Å². The molecule has 2 rings (SSSR count).